The van der Waals surface area contributed by atoms with Crippen molar-refractivity contribution in [2.24, 2.45) is 0 Å². The molecule has 0 amide bonds. The summed E-state index contributed by atoms with van der Waals surface area (Å²) >= 11 is 0. The molecule has 21 heavy (non-hydrogen) atoms. The van der Waals surface area contributed by atoms with Crippen LogP contribution in [0.3, 0.4) is 0 Å². The molecule has 0 atom stereocenters. The van der Waals surface area contributed by atoms with E-state index in [0.29, 0.717) is 6.54 Å². The summed E-state index contributed by atoms with van der Waals surface area (Å²) in [5, 5.41) is 4.05. The van der Waals surface area contributed by atoms with Crippen molar-refractivity contribution in [1.29, 1.82) is 0 Å². The van der Waals surface area contributed by atoms with Crippen LogP contribution in [0.1, 0.15) is 29.6 Å². The molecule has 6 nitrogen and oxygen atoms in total. The number of anilines is 1. The lowest BCUT2D eigenvalue weighted by atomic mass is 10.1. The Morgan fingerprint density at radius 1 is 1.38 bits per heavy atom. The summed E-state index contributed by atoms with van der Waals surface area (Å²) in [6, 6.07) is 1.96. The van der Waals surface area contributed by atoms with Gasteiger partial charge in [0.25, 0.3) is 0 Å². The third kappa shape index (κ3) is 2.90. The van der Waals surface area contributed by atoms with Gasteiger partial charge in [-0.1, -0.05) is 12.1 Å². The molecule has 112 valence electrons. The fourth-order valence-electron chi connectivity index (χ4n) is 2.79. The van der Waals surface area contributed by atoms with Crippen LogP contribution in [0.5, 0.6) is 0 Å². The van der Waals surface area contributed by atoms with E-state index in [4.69, 9.17) is 4.52 Å². The third-order valence-electron chi connectivity index (χ3n) is 3.94. The van der Waals surface area contributed by atoms with Gasteiger partial charge in [0.2, 0.25) is 0 Å². The predicted octanol–water partition coefficient (Wildman–Crippen LogP) is 1.79. The first-order chi connectivity index (χ1) is 10.2. The van der Waals surface area contributed by atoms with E-state index in [1.165, 1.54) is 11.3 Å². The number of likely N-dealkylation sites (N-methyl/N-ethyl adjacent to an activating group) is 1. The van der Waals surface area contributed by atoms with Crippen LogP contribution < -0.4 is 4.90 Å². The summed E-state index contributed by atoms with van der Waals surface area (Å²) in [6.45, 7) is 7.84. The number of hydrogen-bond acceptors (Lipinski definition) is 6. The molecule has 0 spiro atoms. The van der Waals surface area contributed by atoms with Gasteiger partial charge in [0, 0.05) is 38.2 Å². The van der Waals surface area contributed by atoms with Crippen LogP contribution in [-0.4, -0.2) is 40.2 Å². The zero-order valence-electron chi connectivity index (χ0n) is 12.8. The minimum atomic E-state index is 0.687. The molecule has 0 bridgehead atoms. The van der Waals surface area contributed by atoms with Crippen molar-refractivity contribution < 1.29 is 4.52 Å². The van der Waals surface area contributed by atoms with Gasteiger partial charge in [-0.05, 0) is 13.5 Å². The predicted molar refractivity (Wildman–Crippen MR) is 80.0 cm³/mol. The van der Waals surface area contributed by atoms with Gasteiger partial charge in [-0.2, -0.15) is 0 Å². The van der Waals surface area contributed by atoms with Gasteiger partial charge in [-0.25, -0.2) is 9.97 Å². The number of rotatable bonds is 4. The summed E-state index contributed by atoms with van der Waals surface area (Å²) in [6.07, 6.45) is 2.66. The SMILES string of the molecule is CCN1CCc2ncnc(N(C)Cc3cc(C)on3)c2C1. The smallest absolute Gasteiger partial charge is 0.136 e. The molecule has 1 aliphatic heterocycles. The highest BCUT2D eigenvalue weighted by atomic mass is 16.5. The van der Waals surface area contributed by atoms with Crippen LogP contribution in [0.4, 0.5) is 5.82 Å². The van der Waals surface area contributed by atoms with Gasteiger partial charge in [-0.15, -0.1) is 0 Å². The molecule has 6 heteroatoms. The maximum absolute atomic E-state index is 5.13. The first kappa shape index (κ1) is 14.0. The third-order valence-corrected chi connectivity index (χ3v) is 3.94. The van der Waals surface area contributed by atoms with Gasteiger partial charge in [0.05, 0.1) is 12.2 Å². The van der Waals surface area contributed by atoms with E-state index < -0.39 is 0 Å². The lowest BCUT2D eigenvalue weighted by Crippen LogP contribution is -2.33. The number of fused-ring (bicyclic) bond motifs is 1. The highest BCUT2D eigenvalue weighted by Gasteiger charge is 2.22. The molecule has 0 aliphatic carbocycles. The molecular weight excluding hydrogens is 266 g/mol. The average Bonchev–Trinajstić information content (AvgIpc) is 2.91. The average molecular weight is 287 g/mol. The largest absolute Gasteiger partial charge is 0.361 e. The zero-order chi connectivity index (χ0) is 14.8. The normalized spacial score (nSPS) is 15.0. The molecule has 0 radical (unpaired) electrons. The fraction of sp³-hybridized carbons (Fsp3) is 0.533. The second-order valence-electron chi connectivity index (χ2n) is 5.53. The van der Waals surface area contributed by atoms with E-state index in [1.54, 1.807) is 6.33 Å². The lowest BCUT2D eigenvalue weighted by molar-refractivity contribution is 0.265. The molecule has 2 aromatic rings. The van der Waals surface area contributed by atoms with E-state index in [0.717, 1.165) is 43.3 Å². The summed E-state index contributed by atoms with van der Waals surface area (Å²) in [5.41, 5.74) is 3.34. The summed E-state index contributed by atoms with van der Waals surface area (Å²) in [5.74, 6) is 1.83. The first-order valence-electron chi connectivity index (χ1n) is 7.35. The van der Waals surface area contributed by atoms with Crippen LogP contribution in [-0.2, 0) is 19.5 Å². The summed E-state index contributed by atoms with van der Waals surface area (Å²) in [4.78, 5) is 13.5. The van der Waals surface area contributed by atoms with Crippen molar-refractivity contribution in [2.45, 2.75) is 33.4 Å². The van der Waals surface area contributed by atoms with E-state index in [1.807, 2.05) is 20.0 Å². The molecule has 3 heterocycles. The molecule has 1 aliphatic rings. The van der Waals surface area contributed by atoms with Crippen molar-refractivity contribution in [3.05, 3.63) is 35.1 Å². The van der Waals surface area contributed by atoms with E-state index in [2.05, 4.69) is 31.8 Å². The molecule has 0 unspecified atom stereocenters. The second-order valence-corrected chi connectivity index (χ2v) is 5.53. The van der Waals surface area contributed by atoms with Crippen LogP contribution in [0.15, 0.2) is 16.9 Å². The summed E-state index contributed by atoms with van der Waals surface area (Å²) in [7, 11) is 2.04. The van der Waals surface area contributed by atoms with Crippen molar-refractivity contribution in [2.75, 3.05) is 25.0 Å². The Bertz CT molecular complexity index is 624. The van der Waals surface area contributed by atoms with Gasteiger partial charge >= 0.3 is 0 Å². The van der Waals surface area contributed by atoms with E-state index in [-0.39, 0.29) is 0 Å². The van der Waals surface area contributed by atoms with Gasteiger partial charge in [-0.3, -0.25) is 4.90 Å². The highest BCUT2D eigenvalue weighted by Crippen LogP contribution is 2.25. The Morgan fingerprint density at radius 3 is 2.95 bits per heavy atom. The molecule has 0 fully saturated rings. The van der Waals surface area contributed by atoms with Crippen molar-refractivity contribution in [3.8, 4) is 0 Å². The Balaban J connectivity index is 1.84. The van der Waals surface area contributed by atoms with Crippen LogP contribution in [0, 0.1) is 6.92 Å². The molecule has 0 saturated heterocycles. The Hall–Kier alpha value is -1.95. The van der Waals surface area contributed by atoms with Crippen LogP contribution >= 0.6 is 0 Å². The topological polar surface area (TPSA) is 58.3 Å². The highest BCUT2D eigenvalue weighted by molar-refractivity contribution is 5.49. The Morgan fingerprint density at radius 2 is 2.24 bits per heavy atom. The number of aromatic nitrogens is 3. The molecule has 3 rings (SSSR count). The van der Waals surface area contributed by atoms with Crippen LogP contribution in [0.2, 0.25) is 0 Å². The van der Waals surface area contributed by atoms with Crippen molar-refractivity contribution in [1.82, 2.24) is 20.0 Å². The Kier molecular flexibility index (Phi) is 3.88. The van der Waals surface area contributed by atoms with E-state index in [9.17, 15) is 0 Å². The standard InChI is InChI=1S/C15H21N5O/c1-4-20-6-5-14-13(9-20)15(17-10-16-14)19(3)8-12-7-11(2)21-18-12/h7,10H,4-6,8-9H2,1-3H3. The number of hydrogen-bond donors (Lipinski definition) is 0. The molecular formula is C15H21N5O. The molecule has 0 aromatic carbocycles. The van der Waals surface area contributed by atoms with Crippen LogP contribution in [0.25, 0.3) is 0 Å². The Labute approximate surface area is 124 Å². The molecule has 0 saturated carbocycles. The minimum absolute atomic E-state index is 0.687. The molecule has 2 aromatic heterocycles. The van der Waals surface area contributed by atoms with Gasteiger partial charge < -0.3 is 9.42 Å². The lowest BCUT2D eigenvalue weighted by Gasteiger charge is -2.30. The van der Waals surface area contributed by atoms with Crippen molar-refractivity contribution >= 4 is 5.82 Å². The number of aryl methyl sites for hydroxylation is 1. The van der Waals surface area contributed by atoms with Gasteiger partial charge in [0.15, 0.2) is 0 Å². The van der Waals surface area contributed by atoms with Crippen molar-refractivity contribution in [3.63, 3.8) is 0 Å². The second kappa shape index (κ2) is 5.81. The maximum atomic E-state index is 5.13. The number of nitrogens with zero attached hydrogens (tertiary/aromatic N) is 5. The quantitative estimate of drug-likeness (QED) is 0.854. The first-order valence-corrected chi connectivity index (χ1v) is 7.35. The molecule has 0 N–H and O–H groups in total. The van der Waals surface area contributed by atoms with Gasteiger partial charge in [0.1, 0.15) is 23.6 Å². The monoisotopic (exact) mass is 287 g/mol. The van der Waals surface area contributed by atoms with E-state index >= 15 is 0 Å². The fourth-order valence-corrected chi connectivity index (χ4v) is 2.79. The maximum Gasteiger partial charge on any atom is 0.136 e. The summed E-state index contributed by atoms with van der Waals surface area (Å²) < 4.78 is 5.13. The minimum Gasteiger partial charge on any atom is -0.361 e. The zero-order valence-corrected chi connectivity index (χ0v) is 12.8.